The van der Waals surface area contributed by atoms with E-state index in [9.17, 15) is 9.59 Å². The maximum atomic E-state index is 12.2. The number of carbonyl (C=O) groups excluding carboxylic acids is 2. The standard InChI is InChI=1S/C15H20ClN3O2/c1-10(12-4-2-3-5-13(12)16)18-15(21)19-8-6-11(7-9-19)14(17)20/h2-5,10-11H,6-9H2,1H3,(H2,17,20)(H,18,21)/t10-/m1/s1. The van der Waals surface area contributed by atoms with Crippen molar-refractivity contribution in [2.45, 2.75) is 25.8 Å². The van der Waals surface area contributed by atoms with Gasteiger partial charge < -0.3 is 16.0 Å². The maximum Gasteiger partial charge on any atom is 0.317 e. The van der Waals surface area contributed by atoms with E-state index in [4.69, 9.17) is 17.3 Å². The van der Waals surface area contributed by atoms with Crippen LogP contribution in [0.2, 0.25) is 5.02 Å². The Morgan fingerprint density at radius 3 is 2.52 bits per heavy atom. The summed E-state index contributed by atoms with van der Waals surface area (Å²) in [5.41, 5.74) is 6.18. The van der Waals surface area contributed by atoms with Crippen LogP contribution in [-0.2, 0) is 4.79 Å². The second-order valence-electron chi connectivity index (χ2n) is 5.36. The third-order valence-corrected chi connectivity index (χ3v) is 4.24. The lowest BCUT2D eigenvalue weighted by atomic mass is 9.96. The minimum absolute atomic E-state index is 0.116. The molecule has 0 unspecified atom stereocenters. The molecule has 1 heterocycles. The van der Waals surface area contributed by atoms with E-state index < -0.39 is 0 Å². The second kappa shape index (κ2) is 6.80. The molecular weight excluding hydrogens is 290 g/mol. The summed E-state index contributed by atoms with van der Waals surface area (Å²) in [5, 5.41) is 3.57. The van der Waals surface area contributed by atoms with Gasteiger partial charge in [0.05, 0.1) is 6.04 Å². The van der Waals surface area contributed by atoms with Crippen LogP contribution in [0, 0.1) is 5.92 Å². The summed E-state index contributed by atoms with van der Waals surface area (Å²) < 4.78 is 0. The number of rotatable bonds is 3. The van der Waals surface area contributed by atoms with Crippen LogP contribution >= 0.6 is 11.6 Å². The largest absolute Gasteiger partial charge is 0.369 e. The van der Waals surface area contributed by atoms with Gasteiger partial charge in [-0.15, -0.1) is 0 Å². The molecule has 21 heavy (non-hydrogen) atoms. The van der Waals surface area contributed by atoms with E-state index in [1.165, 1.54) is 0 Å². The molecule has 0 bridgehead atoms. The van der Waals surface area contributed by atoms with Crippen LogP contribution in [0.15, 0.2) is 24.3 Å². The molecule has 0 spiro atoms. The number of likely N-dealkylation sites (tertiary alicyclic amines) is 1. The highest BCUT2D eigenvalue weighted by molar-refractivity contribution is 6.31. The fraction of sp³-hybridized carbons (Fsp3) is 0.467. The third kappa shape index (κ3) is 3.88. The number of piperidine rings is 1. The molecule has 1 atom stereocenters. The first-order valence-corrected chi connectivity index (χ1v) is 7.46. The van der Waals surface area contributed by atoms with Gasteiger partial charge in [0.1, 0.15) is 0 Å². The van der Waals surface area contributed by atoms with Gasteiger partial charge in [-0.2, -0.15) is 0 Å². The van der Waals surface area contributed by atoms with E-state index in [2.05, 4.69) is 5.32 Å². The Kier molecular flexibility index (Phi) is 5.07. The highest BCUT2D eigenvalue weighted by Gasteiger charge is 2.26. The smallest absolute Gasteiger partial charge is 0.317 e. The lowest BCUT2D eigenvalue weighted by molar-refractivity contribution is -0.123. The molecule has 1 saturated heterocycles. The molecule has 0 aromatic heterocycles. The van der Waals surface area contributed by atoms with Crippen molar-refractivity contribution in [3.05, 3.63) is 34.9 Å². The normalized spacial score (nSPS) is 17.3. The second-order valence-corrected chi connectivity index (χ2v) is 5.76. The number of urea groups is 1. The van der Waals surface area contributed by atoms with Gasteiger partial charge >= 0.3 is 6.03 Å². The predicted molar refractivity (Wildman–Crippen MR) is 81.9 cm³/mol. The zero-order valence-electron chi connectivity index (χ0n) is 12.0. The summed E-state index contributed by atoms with van der Waals surface area (Å²) in [7, 11) is 0. The Bertz CT molecular complexity index is 527. The summed E-state index contributed by atoms with van der Waals surface area (Å²) in [6.07, 6.45) is 1.26. The first-order valence-electron chi connectivity index (χ1n) is 7.08. The molecular formula is C15H20ClN3O2. The molecule has 2 rings (SSSR count). The van der Waals surface area contributed by atoms with Gasteiger partial charge in [-0.05, 0) is 31.4 Å². The van der Waals surface area contributed by atoms with Crippen LogP contribution in [0.3, 0.4) is 0 Å². The van der Waals surface area contributed by atoms with Gasteiger partial charge in [-0.1, -0.05) is 29.8 Å². The molecule has 3 N–H and O–H groups in total. The Hall–Kier alpha value is -1.75. The Morgan fingerprint density at radius 2 is 1.95 bits per heavy atom. The molecule has 1 aliphatic rings. The molecule has 3 amide bonds. The number of nitrogens with two attached hydrogens (primary N) is 1. The SMILES string of the molecule is C[C@@H](NC(=O)N1CCC(C(N)=O)CC1)c1ccccc1Cl. The van der Waals surface area contributed by atoms with Gasteiger partial charge in [0, 0.05) is 24.0 Å². The predicted octanol–water partition coefficient (Wildman–Crippen LogP) is 2.31. The minimum Gasteiger partial charge on any atom is -0.369 e. The monoisotopic (exact) mass is 309 g/mol. The van der Waals surface area contributed by atoms with E-state index in [1.807, 2.05) is 25.1 Å². The highest BCUT2D eigenvalue weighted by Crippen LogP contribution is 2.23. The first kappa shape index (κ1) is 15.6. The van der Waals surface area contributed by atoms with Crippen molar-refractivity contribution in [3.63, 3.8) is 0 Å². The summed E-state index contributed by atoms with van der Waals surface area (Å²) in [6, 6.07) is 7.15. The summed E-state index contributed by atoms with van der Waals surface area (Å²) in [5.74, 6) is -0.394. The number of nitrogens with zero attached hydrogens (tertiary/aromatic N) is 1. The van der Waals surface area contributed by atoms with E-state index >= 15 is 0 Å². The van der Waals surface area contributed by atoms with Gasteiger partial charge in [0.25, 0.3) is 0 Å². The number of benzene rings is 1. The fourth-order valence-electron chi connectivity index (χ4n) is 2.55. The fourth-order valence-corrected chi connectivity index (χ4v) is 2.85. The third-order valence-electron chi connectivity index (χ3n) is 3.90. The van der Waals surface area contributed by atoms with Gasteiger partial charge in [-0.25, -0.2) is 4.79 Å². The molecule has 6 heteroatoms. The topological polar surface area (TPSA) is 75.4 Å². The maximum absolute atomic E-state index is 12.2. The quantitative estimate of drug-likeness (QED) is 0.899. The number of hydrogen-bond donors (Lipinski definition) is 2. The zero-order valence-corrected chi connectivity index (χ0v) is 12.8. The lowest BCUT2D eigenvalue weighted by Gasteiger charge is -2.31. The molecule has 0 radical (unpaired) electrons. The number of nitrogens with one attached hydrogen (secondary N) is 1. The molecule has 1 aromatic rings. The Morgan fingerprint density at radius 1 is 1.33 bits per heavy atom. The molecule has 1 aliphatic heterocycles. The molecule has 114 valence electrons. The van der Waals surface area contributed by atoms with Gasteiger partial charge in [-0.3, -0.25) is 4.79 Å². The van der Waals surface area contributed by atoms with Crippen molar-refractivity contribution in [1.82, 2.24) is 10.2 Å². The average Bonchev–Trinajstić information content (AvgIpc) is 2.47. The lowest BCUT2D eigenvalue weighted by Crippen LogP contribution is -2.46. The van der Waals surface area contributed by atoms with Crippen molar-refractivity contribution in [1.29, 1.82) is 0 Å². The summed E-state index contributed by atoms with van der Waals surface area (Å²) in [6.45, 7) is 3.00. The van der Waals surface area contributed by atoms with Crippen molar-refractivity contribution in [3.8, 4) is 0 Å². The average molecular weight is 310 g/mol. The van der Waals surface area contributed by atoms with Crippen molar-refractivity contribution < 1.29 is 9.59 Å². The number of carbonyl (C=O) groups is 2. The summed E-state index contributed by atoms with van der Waals surface area (Å²) >= 11 is 6.13. The Balaban J connectivity index is 1.90. The van der Waals surface area contributed by atoms with Gasteiger partial charge in [0.15, 0.2) is 0 Å². The molecule has 1 fully saturated rings. The van der Waals surface area contributed by atoms with E-state index in [0.717, 1.165) is 5.56 Å². The molecule has 0 aliphatic carbocycles. The van der Waals surface area contributed by atoms with E-state index in [-0.39, 0.29) is 23.9 Å². The Labute approximate surface area is 129 Å². The number of hydrogen-bond acceptors (Lipinski definition) is 2. The number of primary amides is 1. The van der Waals surface area contributed by atoms with E-state index in [1.54, 1.807) is 11.0 Å². The number of halogens is 1. The van der Waals surface area contributed by atoms with Crippen LogP contribution in [0.1, 0.15) is 31.4 Å². The van der Waals surface area contributed by atoms with Crippen LogP contribution in [0.5, 0.6) is 0 Å². The summed E-state index contributed by atoms with van der Waals surface area (Å²) in [4.78, 5) is 25.1. The van der Waals surface area contributed by atoms with Crippen LogP contribution in [-0.4, -0.2) is 29.9 Å². The minimum atomic E-state index is -0.278. The first-order chi connectivity index (χ1) is 9.99. The highest BCUT2D eigenvalue weighted by atomic mass is 35.5. The van der Waals surface area contributed by atoms with Crippen molar-refractivity contribution in [2.24, 2.45) is 11.7 Å². The van der Waals surface area contributed by atoms with Crippen LogP contribution in [0.4, 0.5) is 4.79 Å². The number of amides is 3. The van der Waals surface area contributed by atoms with Crippen LogP contribution in [0.25, 0.3) is 0 Å². The zero-order chi connectivity index (χ0) is 15.4. The van der Waals surface area contributed by atoms with Crippen molar-refractivity contribution in [2.75, 3.05) is 13.1 Å². The van der Waals surface area contributed by atoms with Crippen molar-refractivity contribution >= 4 is 23.5 Å². The van der Waals surface area contributed by atoms with Crippen LogP contribution < -0.4 is 11.1 Å². The van der Waals surface area contributed by atoms with E-state index in [0.29, 0.717) is 31.0 Å². The molecule has 5 nitrogen and oxygen atoms in total. The molecule has 0 saturated carbocycles. The molecule has 1 aromatic carbocycles. The van der Waals surface area contributed by atoms with Gasteiger partial charge in [0.2, 0.25) is 5.91 Å².